The van der Waals surface area contributed by atoms with Gasteiger partial charge in [0.2, 0.25) is 0 Å². The highest BCUT2D eigenvalue weighted by Gasteiger charge is 2.46. The number of hydrogen-bond donors (Lipinski definition) is 0. The Morgan fingerprint density at radius 1 is 1.19 bits per heavy atom. The largest absolute Gasteiger partial charge is 0.450 e. The summed E-state index contributed by atoms with van der Waals surface area (Å²) >= 11 is 0. The van der Waals surface area contributed by atoms with Crippen molar-refractivity contribution in [3.63, 3.8) is 0 Å². The zero-order valence-electron chi connectivity index (χ0n) is 8.67. The maximum atomic E-state index is 11.4. The van der Waals surface area contributed by atoms with Gasteiger partial charge >= 0.3 is 5.97 Å². The van der Waals surface area contributed by atoms with Gasteiger partial charge in [0.15, 0.2) is 0 Å². The van der Waals surface area contributed by atoms with E-state index < -0.39 is 23.8 Å². The van der Waals surface area contributed by atoms with Crippen molar-refractivity contribution in [2.45, 2.75) is 13.0 Å². The minimum atomic E-state index is -0.991. The number of hydrogen-bond acceptors (Lipinski definition) is 4. The predicted molar refractivity (Wildman–Crippen MR) is 54.5 cm³/mol. The Labute approximate surface area is 92.2 Å². The molecule has 0 amide bonds. The number of carbonyl (C=O) groups excluding carboxylic acids is 3. The fourth-order valence-corrected chi connectivity index (χ4v) is 1.81. The summed E-state index contributed by atoms with van der Waals surface area (Å²) in [4.78, 5) is 33.9. The lowest BCUT2D eigenvalue weighted by molar-refractivity contribution is -0.149. The Bertz CT molecular complexity index is 449. The summed E-state index contributed by atoms with van der Waals surface area (Å²) < 4.78 is 4.92. The van der Waals surface area contributed by atoms with Crippen LogP contribution in [0, 0.1) is 5.92 Å². The molecule has 1 fully saturated rings. The van der Waals surface area contributed by atoms with E-state index in [4.69, 9.17) is 4.74 Å². The Balaban J connectivity index is 2.38. The monoisotopic (exact) mass is 218 g/mol. The summed E-state index contributed by atoms with van der Waals surface area (Å²) in [6.45, 7) is 1.29. The fraction of sp³-hybridized carbons (Fsp3) is 0.250. The van der Waals surface area contributed by atoms with Crippen LogP contribution in [-0.2, 0) is 19.1 Å². The third-order valence-corrected chi connectivity index (χ3v) is 2.59. The predicted octanol–water partition coefficient (Wildman–Crippen LogP) is 1.06. The summed E-state index contributed by atoms with van der Waals surface area (Å²) in [5, 5.41) is 0. The number of cyclic esters (lactones) is 1. The number of esters is 1. The molecule has 16 heavy (non-hydrogen) atoms. The van der Waals surface area contributed by atoms with E-state index in [1.807, 2.05) is 6.07 Å². The second kappa shape index (κ2) is 3.89. The number of ether oxygens (including phenoxy) is 1. The molecule has 0 saturated carbocycles. The average molecular weight is 218 g/mol. The third kappa shape index (κ3) is 1.62. The molecule has 82 valence electrons. The Morgan fingerprint density at radius 3 is 2.38 bits per heavy atom. The lowest BCUT2D eigenvalue weighted by Crippen LogP contribution is -2.23. The van der Waals surface area contributed by atoms with Gasteiger partial charge in [0.1, 0.15) is 17.8 Å². The van der Waals surface area contributed by atoms with E-state index in [9.17, 15) is 14.4 Å². The van der Waals surface area contributed by atoms with Gasteiger partial charge in [0, 0.05) is 0 Å². The van der Waals surface area contributed by atoms with Crippen molar-refractivity contribution in [3.05, 3.63) is 35.9 Å². The molecule has 2 atom stereocenters. The SMILES string of the molecule is CC(=O)C1C(=O)C(=O)OC1c1ccccc1. The summed E-state index contributed by atoms with van der Waals surface area (Å²) in [6.07, 6.45) is -0.765. The Morgan fingerprint density at radius 2 is 1.81 bits per heavy atom. The molecule has 1 aliphatic heterocycles. The first kappa shape index (κ1) is 10.5. The van der Waals surface area contributed by atoms with E-state index in [0.29, 0.717) is 5.56 Å². The van der Waals surface area contributed by atoms with Gasteiger partial charge in [-0.25, -0.2) is 4.79 Å². The summed E-state index contributed by atoms with van der Waals surface area (Å²) in [5.74, 6) is -3.00. The normalized spacial score (nSPS) is 24.3. The lowest BCUT2D eigenvalue weighted by atomic mass is 9.91. The number of carbonyl (C=O) groups is 3. The van der Waals surface area contributed by atoms with Gasteiger partial charge in [0.05, 0.1) is 0 Å². The molecule has 1 aromatic rings. The van der Waals surface area contributed by atoms with E-state index in [-0.39, 0.29) is 5.78 Å². The van der Waals surface area contributed by atoms with Crippen LogP contribution in [0.15, 0.2) is 30.3 Å². The van der Waals surface area contributed by atoms with Crippen LogP contribution in [0.5, 0.6) is 0 Å². The number of rotatable bonds is 2. The number of benzene rings is 1. The smallest absolute Gasteiger partial charge is 0.376 e. The molecule has 4 heteroatoms. The van der Waals surface area contributed by atoms with Crippen molar-refractivity contribution in [2.24, 2.45) is 5.92 Å². The van der Waals surface area contributed by atoms with E-state index in [2.05, 4.69) is 0 Å². The molecule has 0 aliphatic carbocycles. The first-order valence-electron chi connectivity index (χ1n) is 4.91. The van der Waals surface area contributed by atoms with Gasteiger partial charge in [-0.1, -0.05) is 30.3 Å². The molecule has 4 nitrogen and oxygen atoms in total. The quantitative estimate of drug-likeness (QED) is 0.423. The fourth-order valence-electron chi connectivity index (χ4n) is 1.81. The molecule has 0 spiro atoms. The topological polar surface area (TPSA) is 60.4 Å². The van der Waals surface area contributed by atoms with Crippen LogP contribution in [0.25, 0.3) is 0 Å². The minimum absolute atomic E-state index is 0.343. The molecule has 1 heterocycles. The molecule has 0 radical (unpaired) electrons. The molecule has 0 bridgehead atoms. The molecular formula is C12H10O4. The second-order valence-corrected chi connectivity index (χ2v) is 3.69. The molecular weight excluding hydrogens is 208 g/mol. The van der Waals surface area contributed by atoms with Crippen LogP contribution in [-0.4, -0.2) is 17.5 Å². The highest BCUT2D eigenvalue weighted by molar-refractivity contribution is 6.40. The van der Waals surface area contributed by atoms with Gasteiger partial charge in [-0.2, -0.15) is 0 Å². The van der Waals surface area contributed by atoms with Gasteiger partial charge in [-0.05, 0) is 12.5 Å². The maximum absolute atomic E-state index is 11.4. The van der Waals surface area contributed by atoms with Gasteiger partial charge < -0.3 is 4.74 Å². The van der Waals surface area contributed by atoms with E-state index in [1.54, 1.807) is 24.3 Å². The van der Waals surface area contributed by atoms with Crippen molar-refractivity contribution in [1.82, 2.24) is 0 Å². The number of Topliss-reactive ketones (excluding diaryl/α,β-unsaturated/α-hetero) is 2. The van der Waals surface area contributed by atoms with Crippen LogP contribution in [0.2, 0.25) is 0 Å². The van der Waals surface area contributed by atoms with E-state index >= 15 is 0 Å². The average Bonchev–Trinajstić information content (AvgIpc) is 2.57. The second-order valence-electron chi connectivity index (χ2n) is 3.69. The molecule has 2 rings (SSSR count). The molecule has 0 aromatic heterocycles. The lowest BCUT2D eigenvalue weighted by Gasteiger charge is -2.13. The number of ketones is 2. The van der Waals surface area contributed by atoms with Crippen LogP contribution in [0.4, 0.5) is 0 Å². The summed E-state index contributed by atoms with van der Waals surface area (Å²) in [7, 11) is 0. The van der Waals surface area contributed by atoms with Crippen molar-refractivity contribution in [3.8, 4) is 0 Å². The zero-order valence-corrected chi connectivity index (χ0v) is 8.67. The highest BCUT2D eigenvalue weighted by atomic mass is 16.6. The van der Waals surface area contributed by atoms with E-state index in [1.165, 1.54) is 6.92 Å². The molecule has 0 N–H and O–H groups in total. The van der Waals surface area contributed by atoms with Crippen LogP contribution in [0.1, 0.15) is 18.6 Å². The third-order valence-electron chi connectivity index (χ3n) is 2.59. The van der Waals surface area contributed by atoms with Crippen LogP contribution >= 0.6 is 0 Å². The maximum Gasteiger partial charge on any atom is 0.376 e. The van der Waals surface area contributed by atoms with Gasteiger partial charge in [0.25, 0.3) is 5.78 Å². The van der Waals surface area contributed by atoms with Gasteiger partial charge in [-0.3, -0.25) is 9.59 Å². The molecule has 1 aromatic carbocycles. The first-order chi connectivity index (χ1) is 7.61. The van der Waals surface area contributed by atoms with Crippen molar-refractivity contribution in [2.75, 3.05) is 0 Å². The first-order valence-corrected chi connectivity index (χ1v) is 4.91. The zero-order chi connectivity index (χ0) is 11.7. The van der Waals surface area contributed by atoms with Crippen LogP contribution < -0.4 is 0 Å². The van der Waals surface area contributed by atoms with Crippen LogP contribution in [0.3, 0.4) is 0 Å². The molecule has 2 unspecified atom stereocenters. The van der Waals surface area contributed by atoms with E-state index in [0.717, 1.165) is 0 Å². The minimum Gasteiger partial charge on any atom is -0.450 e. The van der Waals surface area contributed by atoms with Crippen molar-refractivity contribution >= 4 is 17.5 Å². The Hall–Kier alpha value is -1.97. The van der Waals surface area contributed by atoms with Crippen molar-refractivity contribution in [1.29, 1.82) is 0 Å². The standard InChI is InChI=1S/C12H10O4/c1-7(13)9-10(14)12(15)16-11(9)8-5-3-2-4-6-8/h2-6,9,11H,1H3. The summed E-state index contributed by atoms with van der Waals surface area (Å²) in [6, 6.07) is 8.80. The Kier molecular flexibility index (Phi) is 2.56. The highest BCUT2D eigenvalue weighted by Crippen LogP contribution is 2.33. The molecule has 1 aliphatic rings. The molecule has 1 saturated heterocycles. The van der Waals surface area contributed by atoms with Crippen molar-refractivity contribution < 1.29 is 19.1 Å². The summed E-state index contributed by atoms with van der Waals surface area (Å²) in [5.41, 5.74) is 0.668. The van der Waals surface area contributed by atoms with Gasteiger partial charge in [-0.15, -0.1) is 0 Å².